The molecule has 0 fully saturated rings. The van der Waals surface area contributed by atoms with Gasteiger partial charge in [-0.1, -0.05) is 66.6 Å². The van der Waals surface area contributed by atoms with Gasteiger partial charge in [0.05, 0.1) is 6.54 Å². The molecule has 2 aromatic rings. The molecule has 2 aromatic carbocycles. The van der Waals surface area contributed by atoms with Gasteiger partial charge in [0.15, 0.2) is 0 Å². The highest BCUT2D eigenvalue weighted by Crippen LogP contribution is 2.36. The first-order valence-corrected chi connectivity index (χ1v) is 7.51. The van der Waals surface area contributed by atoms with Crippen molar-refractivity contribution in [2.75, 3.05) is 27.2 Å². The van der Waals surface area contributed by atoms with Gasteiger partial charge < -0.3 is 4.74 Å². The lowest BCUT2D eigenvalue weighted by molar-refractivity contribution is 0.00868. The topological polar surface area (TPSA) is 12.5 Å². The highest BCUT2D eigenvalue weighted by atomic mass is 35.5. The number of halogens is 1. The third-order valence-corrected chi connectivity index (χ3v) is 4.04. The van der Waals surface area contributed by atoms with E-state index in [0.29, 0.717) is 6.54 Å². The summed E-state index contributed by atoms with van der Waals surface area (Å²) in [7, 11) is 3.82. The largest absolute Gasteiger partial charge is 0.369 e. The zero-order valence-electron chi connectivity index (χ0n) is 13.7. The Bertz CT molecular complexity index is 567. The van der Waals surface area contributed by atoms with Gasteiger partial charge in [0.25, 0.3) is 0 Å². The van der Waals surface area contributed by atoms with E-state index in [1.165, 1.54) is 0 Å². The van der Waals surface area contributed by atoms with Gasteiger partial charge >= 0.3 is 0 Å². The van der Waals surface area contributed by atoms with Crippen molar-refractivity contribution < 1.29 is 4.74 Å². The lowest BCUT2D eigenvalue weighted by atomic mass is 9.83. The summed E-state index contributed by atoms with van der Waals surface area (Å²) in [6.07, 6.45) is 6.24. The molecule has 0 unspecified atom stereocenters. The van der Waals surface area contributed by atoms with E-state index in [1.807, 2.05) is 19.2 Å². The Morgan fingerprint density at radius 3 is 1.87 bits per heavy atom. The number of hydrogen-bond donors (Lipinski definition) is 0. The standard InChI is InChI=1S/C20H23NO.ClH/c1-4-16-21(2)17-15-20(22-3,18-11-7-5-8-12-18)19-13-9-6-10-14-19;/h1,5-14H,15-17H2,2-3H3;1H. The quantitative estimate of drug-likeness (QED) is 0.713. The van der Waals surface area contributed by atoms with Crippen molar-refractivity contribution in [3.63, 3.8) is 0 Å². The summed E-state index contributed by atoms with van der Waals surface area (Å²) >= 11 is 0. The minimum atomic E-state index is -0.453. The Morgan fingerprint density at radius 2 is 1.48 bits per heavy atom. The molecule has 0 radical (unpaired) electrons. The molecule has 0 atom stereocenters. The van der Waals surface area contributed by atoms with Crippen LogP contribution in [0.1, 0.15) is 17.5 Å². The molecule has 0 heterocycles. The van der Waals surface area contributed by atoms with Crippen LogP contribution in [0.15, 0.2) is 60.7 Å². The number of rotatable bonds is 7. The van der Waals surface area contributed by atoms with Crippen molar-refractivity contribution in [3.05, 3.63) is 71.8 Å². The molecule has 0 spiro atoms. The molecule has 122 valence electrons. The van der Waals surface area contributed by atoms with Crippen molar-refractivity contribution in [3.8, 4) is 12.3 Å². The monoisotopic (exact) mass is 329 g/mol. The molecule has 0 aliphatic rings. The van der Waals surface area contributed by atoms with E-state index in [1.54, 1.807) is 7.11 Å². The number of terminal acetylenes is 1. The van der Waals surface area contributed by atoms with E-state index in [-0.39, 0.29) is 12.4 Å². The molecular formula is C20H24ClNO. The fourth-order valence-corrected chi connectivity index (χ4v) is 2.79. The van der Waals surface area contributed by atoms with Crippen LogP contribution < -0.4 is 0 Å². The maximum absolute atomic E-state index is 6.06. The predicted molar refractivity (Wildman–Crippen MR) is 98.9 cm³/mol. The molecule has 0 saturated heterocycles. The fraction of sp³-hybridized carbons (Fsp3) is 0.300. The van der Waals surface area contributed by atoms with Crippen LogP contribution in [-0.2, 0) is 10.3 Å². The fourth-order valence-electron chi connectivity index (χ4n) is 2.79. The van der Waals surface area contributed by atoms with Crippen LogP contribution in [0.3, 0.4) is 0 Å². The third-order valence-electron chi connectivity index (χ3n) is 4.04. The lowest BCUT2D eigenvalue weighted by Gasteiger charge is -2.35. The highest BCUT2D eigenvalue weighted by molar-refractivity contribution is 5.85. The average molecular weight is 330 g/mol. The van der Waals surface area contributed by atoms with Gasteiger partial charge in [-0.3, -0.25) is 4.90 Å². The maximum Gasteiger partial charge on any atom is 0.119 e. The van der Waals surface area contributed by atoms with Crippen molar-refractivity contribution in [2.24, 2.45) is 0 Å². The van der Waals surface area contributed by atoms with E-state index in [0.717, 1.165) is 24.1 Å². The second-order valence-corrected chi connectivity index (χ2v) is 5.46. The van der Waals surface area contributed by atoms with E-state index in [9.17, 15) is 0 Å². The van der Waals surface area contributed by atoms with Crippen LogP contribution >= 0.6 is 12.4 Å². The van der Waals surface area contributed by atoms with Crippen LogP contribution in [0.25, 0.3) is 0 Å². The normalized spacial score (nSPS) is 10.9. The molecule has 2 rings (SSSR count). The first-order valence-electron chi connectivity index (χ1n) is 7.51. The average Bonchev–Trinajstić information content (AvgIpc) is 2.58. The molecule has 0 N–H and O–H groups in total. The van der Waals surface area contributed by atoms with Crippen LogP contribution in [0.5, 0.6) is 0 Å². The zero-order chi connectivity index (χ0) is 15.8. The van der Waals surface area contributed by atoms with E-state index < -0.39 is 5.60 Å². The van der Waals surface area contributed by atoms with E-state index in [2.05, 4.69) is 59.4 Å². The summed E-state index contributed by atoms with van der Waals surface area (Å²) in [5, 5.41) is 0. The van der Waals surface area contributed by atoms with E-state index >= 15 is 0 Å². The summed E-state index contributed by atoms with van der Waals surface area (Å²) in [4.78, 5) is 2.14. The highest BCUT2D eigenvalue weighted by Gasteiger charge is 2.34. The summed E-state index contributed by atoms with van der Waals surface area (Å²) in [5.74, 6) is 2.69. The molecule has 0 aliphatic carbocycles. The van der Waals surface area contributed by atoms with Gasteiger partial charge in [-0.2, -0.15) is 0 Å². The van der Waals surface area contributed by atoms with Gasteiger partial charge in [-0.05, 0) is 24.6 Å². The maximum atomic E-state index is 6.06. The van der Waals surface area contributed by atoms with Crippen molar-refractivity contribution in [2.45, 2.75) is 12.0 Å². The van der Waals surface area contributed by atoms with Gasteiger partial charge in [0.1, 0.15) is 5.60 Å². The molecule has 0 aliphatic heterocycles. The summed E-state index contributed by atoms with van der Waals surface area (Å²) in [6, 6.07) is 20.8. The Hall–Kier alpha value is -1.79. The van der Waals surface area contributed by atoms with Crippen molar-refractivity contribution >= 4 is 12.4 Å². The number of benzene rings is 2. The summed E-state index contributed by atoms with van der Waals surface area (Å²) in [6.45, 7) is 1.51. The van der Waals surface area contributed by atoms with Crippen LogP contribution in [-0.4, -0.2) is 32.1 Å². The first kappa shape index (κ1) is 19.3. The number of ether oxygens (including phenoxy) is 1. The molecule has 0 bridgehead atoms. The summed E-state index contributed by atoms with van der Waals surface area (Å²) < 4.78 is 6.06. The van der Waals surface area contributed by atoms with Gasteiger partial charge in [-0.25, -0.2) is 0 Å². The number of methoxy groups -OCH3 is 1. The van der Waals surface area contributed by atoms with E-state index in [4.69, 9.17) is 11.2 Å². The summed E-state index contributed by atoms with van der Waals surface area (Å²) in [5.41, 5.74) is 1.88. The van der Waals surface area contributed by atoms with Gasteiger partial charge in [-0.15, -0.1) is 18.8 Å². The molecule has 3 heteroatoms. The van der Waals surface area contributed by atoms with Crippen molar-refractivity contribution in [1.29, 1.82) is 0 Å². The Labute approximate surface area is 145 Å². The number of hydrogen-bond acceptors (Lipinski definition) is 2. The Kier molecular flexibility index (Phi) is 7.85. The Balaban J connectivity index is 0.00000264. The lowest BCUT2D eigenvalue weighted by Crippen LogP contribution is -2.35. The smallest absolute Gasteiger partial charge is 0.119 e. The molecular weight excluding hydrogens is 306 g/mol. The van der Waals surface area contributed by atoms with Gasteiger partial charge in [0.2, 0.25) is 0 Å². The second kappa shape index (κ2) is 9.37. The minimum Gasteiger partial charge on any atom is -0.369 e. The van der Waals surface area contributed by atoms with Crippen LogP contribution in [0, 0.1) is 12.3 Å². The Morgan fingerprint density at radius 1 is 1.00 bits per heavy atom. The zero-order valence-corrected chi connectivity index (χ0v) is 14.6. The van der Waals surface area contributed by atoms with Crippen LogP contribution in [0.2, 0.25) is 0 Å². The van der Waals surface area contributed by atoms with Crippen LogP contribution in [0.4, 0.5) is 0 Å². The minimum absolute atomic E-state index is 0. The molecule has 0 saturated carbocycles. The first-order chi connectivity index (χ1) is 10.7. The number of nitrogens with zero attached hydrogens (tertiary/aromatic N) is 1. The predicted octanol–water partition coefficient (Wildman–Crippen LogP) is 3.95. The molecule has 23 heavy (non-hydrogen) atoms. The van der Waals surface area contributed by atoms with Gasteiger partial charge in [0, 0.05) is 13.7 Å². The third kappa shape index (κ3) is 4.59. The molecule has 0 aromatic heterocycles. The second-order valence-electron chi connectivity index (χ2n) is 5.46. The molecule has 0 amide bonds. The SMILES string of the molecule is C#CCN(C)CCC(OC)(c1ccccc1)c1ccccc1.Cl. The molecule has 2 nitrogen and oxygen atoms in total. The van der Waals surface area contributed by atoms with Crippen molar-refractivity contribution in [1.82, 2.24) is 4.90 Å².